The molecule has 8 nitrogen and oxygen atoms in total. The summed E-state index contributed by atoms with van der Waals surface area (Å²) in [5.74, 6) is 0.895. The first-order valence-corrected chi connectivity index (χ1v) is 10.9. The number of ether oxygens (including phenoxy) is 1. The molecule has 168 valence electrons. The van der Waals surface area contributed by atoms with E-state index in [1.54, 1.807) is 27.9 Å². The third-order valence-corrected chi connectivity index (χ3v) is 5.25. The molecule has 1 aliphatic rings. The normalized spacial score (nSPS) is 16.8. The standard InChI is InChI=1S/C23H33N5O3/c1-16-13-17(2)28(26-16)20-9-8-19(14-25-20)21(29)24-11-10-18-7-6-12-27(15-18)22(30)31-23(3,4)5/h8-9,13-14,18H,6-7,10-12,15H2,1-5H3,(H,24,29). The average molecular weight is 428 g/mol. The van der Waals surface area contributed by atoms with Crippen LogP contribution in [0.3, 0.4) is 0 Å². The number of aryl methyl sites for hydroxylation is 2. The molecule has 3 rings (SSSR count). The smallest absolute Gasteiger partial charge is 0.410 e. The highest BCUT2D eigenvalue weighted by Crippen LogP contribution is 2.21. The molecule has 0 aliphatic carbocycles. The van der Waals surface area contributed by atoms with E-state index in [2.05, 4.69) is 15.4 Å². The molecule has 1 atom stereocenters. The number of nitrogens with zero attached hydrogens (tertiary/aromatic N) is 4. The quantitative estimate of drug-likeness (QED) is 0.787. The van der Waals surface area contributed by atoms with E-state index in [-0.39, 0.29) is 12.0 Å². The Morgan fingerprint density at radius 1 is 1.26 bits per heavy atom. The van der Waals surface area contributed by atoms with Gasteiger partial charge in [-0.15, -0.1) is 0 Å². The van der Waals surface area contributed by atoms with Gasteiger partial charge in [-0.2, -0.15) is 5.10 Å². The average Bonchev–Trinajstić information content (AvgIpc) is 3.05. The molecule has 0 saturated carbocycles. The maximum Gasteiger partial charge on any atom is 0.410 e. The van der Waals surface area contributed by atoms with Gasteiger partial charge in [0.1, 0.15) is 5.60 Å². The lowest BCUT2D eigenvalue weighted by Crippen LogP contribution is -2.43. The Morgan fingerprint density at radius 3 is 2.65 bits per heavy atom. The number of likely N-dealkylation sites (tertiary alicyclic amines) is 1. The third-order valence-electron chi connectivity index (χ3n) is 5.25. The van der Waals surface area contributed by atoms with Crippen molar-refractivity contribution < 1.29 is 14.3 Å². The van der Waals surface area contributed by atoms with Crippen LogP contribution in [0.4, 0.5) is 4.79 Å². The van der Waals surface area contributed by atoms with Crippen molar-refractivity contribution in [1.82, 2.24) is 25.0 Å². The number of piperidine rings is 1. The molecule has 1 saturated heterocycles. The minimum Gasteiger partial charge on any atom is -0.444 e. The van der Waals surface area contributed by atoms with Crippen LogP contribution in [0.2, 0.25) is 0 Å². The molecule has 1 aliphatic heterocycles. The zero-order valence-corrected chi connectivity index (χ0v) is 19.1. The molecule has 0 aromatic carbocycles. The van der Waals surface area contributed by atoms with Crippen LogP contribution in [-0.4, -0.2) is 56.9 Å². The summed E-state index contributed by atoms with van der Waals surface area (Å²) in [5.41, 5.74) is 1.95. The highest BCUT2D eigenvalue weighted by atomic mass is 16.6. The van der Waals surface area contributed by atoms with Gasteiger partial charge in [0.25, 0.3) is 5.91 Å². The first-order chi connectivity index (χ1) is 14.6. The fraction of sp³-hybridized carbons (Fsp3) is 0.565. The lowest BCUT2D eigenvalue weighted by Gasteiger charge is -2.34. The van der Waals surface area contributed by atoms with E-state index in [1.807, 2.05) is 40.7 Å². The molecule has 1 N–H and O–H groups in total. The number of amides is 2. The summed E-state index contributed by atoms with van der Waals surface area (Å²) in [6, 6.07) is 5.55. The molecule has 8 heteroatoms. The number of rotatable bonds is 5. The predicted octanol–water partition coefficient (Wildman–Crippen LogP) is 3.65. The SMILES string of the molecule is Cc1cc(C)n(-c2ccc(C(=O)NCCC3CCCN(C(=O)OC(C)(C)C)C3)cn2)n1. The fourth-order valence-corrected chi connectivity index (χ4v) is 3.79. The van der Waals surface area contributed by atoms with Gasteiger partial charge < -0.3 is 15.0 Å². The largest absolute Gasteiger partial charge is 0.444 e. The van der Waals surface area contributed by atoms with Gasteiger partial charge in [0.05, 0.1) is 11.3 Å². The Balaban J connectivity index is 1.47. The molecule has 1 fully saturated rings. The lowest BCUT2D eigenvalue weighted by molar-refractivity contribution is 0.0161. The molecule has 0 bridgehead atoms. The maximum atomic E-state index is 12.5. The van der Waals surface area contributed by atoms with Gasteiger partial charge in [0.2, 0.25) is 0 Å². The second-order valence-electron chi connectivity index (χ2n) is 9.22. The molecule has 3 heterocycles. The molecule has 0 spiro atoms. The van der Waals surface area contributed by atoms with Crippen molar-refractivity contribution in [3.63, 3.8) is 0 Å². The maximum absolute atomic E-state index is 12.5. The highest BCUT2D eigenvalue weighted by molar-refractivity contribution is 5.93. The van der Waals surface area contributed by atoms with E-state index >= 15 is 0 Å². The predicted molar refractivity (Wildman–Crippen MR) is 118 cm³/mol. The van der Waals surface area contributed by atoms with Crippen LogP contribution < -0.4 is 5.32 Å². The van der Waals surface area contributed by atoms with Gasteiger partial charge in [0.15, 0.2) is 5.82 Å². The summed E-state index contributed by atoms with van der Waals surface area (Å²) in [4.78, 5) is 30.9. The van der Waals surface area contributed by atoms with Gasteiger partial charge >= 0.3 is 6.09 Å². The van der Waals surface area contributed by atoms with E-state index in [0.717, 1.165) is 37.2 Å². The van der Waals surface area contributed by atoms with Gasteiger partial charge in [-0.25, -0.2) is 14.5 Å². The first-order valence-electron chi connectivity index (χ1n) is 10.9. The molecular weight excluding hydrogens is 394 g/mol. The molecular formula is C23H33N5O3. The molecule has 31 heavy (non-hydrogen) atoms. The monoisotopic (exact) mass is 427 g/mol. The number of hydrogen-bond donors (Lipinski definition) is 1. The third kappa shape index (κ3) is 6.29. The van der Waals surface area contributed by atoms with Crippen LogP contribution in [0.5, 0.6) is 0 Å². The van der Waals surface area contributed by atoms with Crippen LogP contribution in [0.1, 0.15) is 61.8 Å². The minimum atomic E-state index is -0.490. The Morgan fingerprint density at radius 2 is 2.03 bits per heavy atom. The van der Waals surface area contributed by atoms with Crippen LogP contribution in [0, 0.1) is 19.8 Å². The molecule has 0 radical (unpaired) electrons. The van der Waals surface area contributed by atoms with Crippen LogP contribution in [-0.2, 0) is 4.74 Å². The number of pyridine rings is 1. The molecule has 2 amide bonds. The Labute approximate surface area is 184 Å². The fourth-order valence-electron chi connectivity index (χ4n) is 3.79. The van der Waals surface area contributed by atoms with Crippen molar-refractivity contribution in [1.29, 1.82) is 0 Å². The van der Waals surface area contributed by atoms with Gasteiger partial charge in [0, 0.05) is 31.5 Å². The van der Waals surface area contributed by atoms with E-state index in [1.165, 1.54) is 0 Å². The van der Waals surface area contributed by atoms with E-state index in [0.29, 0.717) is 30.4 Å². The molecule has 2 aromatic rings. The first kappa shape index (κ1) is 22.8. The van der Waals surface area contributed by atoms with Crippen LogP contribution >= 0.6 is 0 Å². The van der Waals surface area contributed by atoms with E-state index < -0.39 is 5.60 Å². The van der Waals surface area contributed by atoms with Crippen molar-refractivity contribution in [3.8, 4) is 5.82 Å². The number of carbonyl (C=O) groups is 2. The lowest BCUT2D eigenvalue weighted by atomic mass is 9.95. The Kier molecular flexibility index (Phi) is 6.97. The van der Waals surface area contributed by atoms with Crippen molar-refractivity contribution in [2.75, 3.05) is 19.6 Å². The van der Waals surface area contributed by atoms with E-state index in [9.17, 15) is 9.59 Å². The number of aromatic nitrogens is 3. The van der Waals surface area contributed by atoms with Crippen molar-refractivity contribution in [2.45, 2.75) is 59.5 Å². The molecule has 1 unspecified atom stereocenters. The van der Waals surface area contributed by atoms with Gasteiger partial charge in [-0.1, -0.05) is 0 Å². The zero-order valence-electron chi connectivity index (χ0n) is 19.1. The van der Waals surface area contributed by atoms with Crippen LogP contribution in [0.15, 0.2) is 24.4 Å². The highest BCUT2D eigenvalue weighted by Gasteiger charge is 2.27. The number of carbonyl (C=O) groups excluding carboxylic acids is 2. The topological polar surface area (TPSA) is 89.4 Å². The Hall–Kier alpha value is -2.90. The second kappa shape index (κ2) is 9.49. The van der Waals surface area contributed by atoms with Crippen molar-refractivity contribution in [2.24, 2.45) is 5.92 Å². The second-order valence-corrected chi connectivity index (χ2v) is 9.22. The summed E-state index contributed by atoms with van der Waals surface area (Å²) in [7, 11) is 0. The summed E-state index contributed by atoms with van der Waals surface area (Å²) >= 11 is 0. The van der Waals surface area contributed by atoms with Crippen molar-refractivity contribution in [3.05, 3.63) is 41.3 Å². The summed E-state index contributed by atoms with van der Waals surface area (Å²) in [5, 5.41) is 7.38. The zero-order chi connectivity index (χ0) is 22.6. The van der Waals surface area contributed by atoms with Crippen molar-refractivity contribution >= 4 is 12.0 Å². The van der Waals surface area contributed by atoms with Gasteiger partial charge in [-0.05, 0) is 78.0 Å². The van der Waals surface area contributed by atoms with Gasteiger partial charge in [-0.3, -0.25) is 4.79 Å². The summed E-state index contributed by atoms with van der Waals surface area (Å²) in [6.07, 6.45) is 4.15. The molecule has 2 aromatic heterocycles. The van der Waals surface area contributed by atoms with E-state index in [4.69, 9.17) is 4.74 Å². The minimum absolute atomic E-state index is 0.146. The van der Waals surface area contributed by atoms with Crippen LogP contribution in [0.25, 0.3) is 5.82 Å². The number of hydrogen-bond acceptors (Lipinski definition) is 5. The number of nitrogens with one attached hydrogen (secondary N) is 1. The summed E-state index contributed by atoms with van der Waals surface area (Å²) in [6.45, 7) is 11.5. The Bertz CT molecular complexity index is 914. The summed E-state index contributed by atoms with van der Waals surface area (Å²) < 4.78 is 7.24.